The molecule has 1 aliphatic heterocycles. The van der Waals surface area contributed by atoms with Crippen LogP contribution in [0.2, 0.25) is 0 Å². The third-order valence-corrected chi connectivity index (χ3v) is 5.82. The zero-order valence-corrected chi connectivity index (χ0v) is 18.1. The molecule has 30 heavy (non-hydrogen) atoms. The number of carbonyl (C=O) groups excluding carboxylic acids is 1. The molecule has 0 unspecified atom stereocenters. The van der Waals surface area contributed by atoms with Crippen molar-refractivity contribution in [3.05, 3.63) is 48.0 Å². The molecule has 0 spiro atoms. The zero-order valence-electron chi connectivity index (χ0n) is 17.3. The normalized spacial score (nSPS) is 13.6. The van der Waals surface area contributed by atoms with Crippen LogP contribution in [0.15, 0.2) is 42.5 Å². The predicted octanol–water partition coefficient (Wildman–Crippen LogP) is 2.68. The molecule has 8 nitrogen and oxygen atoms in total. The molecule has 1 N–H and O–H groups in total. The van der Waals surface area contributed by atoms with Crippen molar-refractivity contribution in [2.24, 2.45) is 0 Å². The Labute approximate surface area is 176 Å². The quantitative estimate of drug-likeness (QED) is 0.652. The van der Waals surface area contributed by atoms with Gasteiger partial charge < -0.3 is 19.5 Å². The van der Waals surface area contributed by atoms with Crippen LogP contribution >= 0.6 is 0 Å². The summed E-state index contributed by atoms with van der Waals surface area (Å²) in [5.74, 6) is 1.54. The lowest BCUT2D eigenvalue weighted by atomic mass is 10.1. The number of benzene rings is 2. The largest absolute Gasteiger partial charge is 0.494 e. The van der Waals surface area contributed by atoms with Gasteiger partial charge >= 0.3 is 0 Å². The third kappa shape index (κ3) is 4.96. The van der Waals surface area contributed by atoms with Crippen molar-refractivity contribution >= 4 is 21.6 Å². The van der Waals surface area contributed by atoms with Crippen molar-refractivity contribution in [1.82, 2.24) is 5.32 Å². The molecule has 1 aliphatic rings. The number of anilines is 1. The van der Waals surface area contributed by atoms with E-state index in [1.54, 1.807) is 43.3 Å². The van der Waals surface area contributed by atoms with Gasteiger partial charge in [0.05, 0.1) is 18.6 Å². The summed E-state index contributed by atoms with van der Waals surface area (Å²) < 4.78 is 42.3. The highest BCUT2D eigenvalue weighted by Gasteiger charge is 2.31. The van der Waals surface area contributed by atoms with Crippen molar-refractivity contribution in [2.75, 3.05) is 24.0 Å². The fourth-order valence-electron chi connectivity index (χ4n) is 3.27. The van der Waals surface area contributed by atoms with Gasteiger partial charge in [-0.3, -0.25) is 9.10 Å². The standard InChI is InChI=1S/C21H26N2O6S/c1-4-18(21(24)22-13-15-6-11-19-20(12-15)29-14-28-19)23(30(3,25)26)16-7-9-17(10-8-16)27-5-2/h6-12,18H,4-5,13-14H2,1-3H3,(H,22,24)/t18-/m0/s1. The Bertz CT molecular complexity index is 991. The van der Waals surface area contributed by atoms with Gasteiger partial charge in [-0.25, -0.2) is 8.42 Å². The Hall–Kier alpha value is -2.94. The van der Waals surface area contributed by atoms with E-state index in [1.807, 2.05) is 13.0 Å². The first-order valence-corrected chi connectivity index (χ1v) is 11.6. The van der Waals surface area contributed by atoms with E-state index in [-0.39, 0.29) is 19.2 Å². The van der Waals surface area contributed by atoms with Crippen LogP contribution in [0.3, 0.4) is 0 Å². The maximum absolute atomic E-state index is 12.9. The minimum absolute atomic E-state index is 0.175. The van der Waals surface area contributed by atoms with Crippen molar-refractivity contribution < 1.29 is 27.4 Å². The number of ether oxygens (including phenoxy) is 3. The van der Waals surface area contributed by atoms with E-state index in [0.29, 0.717) is 36.0 Å². The van der Waals surface area contributed by atoms with Crippen LogP contribution in [0.5, 0.6) is 17.2 Å². The van der Waals surface area contributed by atoms with Gasteiger partial charge in [-0.2, -0.15) is 0 Å². The highest BCUT2D eigenvalue weighted by Crippen LogP contribution is 2.32. The first kappa shape index (κ1) is 21.8. The van der Waals surface area contributed by atoms with E-state index >= 15 is 0 Å². The summed E-state index contributed by atoms with van der Waals surface area (Å²) in [5, 5.41) is 2.83. The number of nitrogens with one attached hydrogen (secondary N) is 1. The molecule has 0 saturated carbocycles. The highest BCUT2D eigenvalue weighted by atomic mass is 32.2. The second-order valence-corrected chi connectivity index (χ2v) is 8.67. The van der Waals surface area contributed by atoms with Crippen molar-refractivity contribution in [3.8, 4) is 17.2 Å². The van der Waals surface area contributed by atoms with Gasteiger partial charge in [0, 0.05) is 6.54 Å². The van der Waals surface area contributed by atoms with E-state index in [0.717, 1.165) is 16.1 Å². The van der Waals surface area contributed by atoms with E-state index in [4.69, 9.17) is 14.2 Å². The molecule has 1 heterocycles. The summed E-state index contributed by atoms with van der Waals surface area (Å²) in [6.07, 6.45) is 1.41. The number of sulfonamides is 1. The van der Waals surface area contributed by atoms with Gasteiger partial charge in [-0.05, 0) is 55.3 Å². The number of fused-ring (bicyclic) bond motifs is 1. The predicted molar refractivity (Wildman–Crippen MR) is 113 cm³/mol. The summed E-state index contributed by atoms with van der Waals surface area (Å²) in [6, 6.07) is 11.2. The number of amides is 1. The molecule has 162 valence electrons. The summed E-state index contributed by atoms with van der Waals surface area (Å²) in [6.45, 7) is 4.57. The SMILES string of the molecule is CCOc1ccc(N([C@@H](CC)C(=O)NCc2ccc3c(c2)OCO3)S(C)(=O)=O)cc1. The molecule has 0 aliphatic carbocycles. The number of hydrogen-bond acceptors (Lipinski definition) is 6. The van der Waals surface area contributed by atoms with Gasteiger partial charge in [-0.15, -0.1) is 0 Å². The lowest BCUT2D eigenvalue weighted by molar-refractivity contribution is -0.122. The van der Waals surface area contributed by atoms with Crippen LogP contribution in [0, 0.1) is 0 Å². The summed E-state index contributed by atoms with van der Waals surface area (Å²) in [5.41, 5.74) is 1.24. The monoisotopic (exact) mass is 434 g/mol. The first-order valence-electron chi connectivity index (χ1n) is 9.72. The Morgan fingerprint density at radius 2 is 1.83 bits per heavy atom. The maximum Gasteiger partial charge on any atom is 0.244 e. The lowest BCUT2D eigenvalue weighted by Crippen LogP contribution is -2.49. The Morgan fingerprint density at radius 1 is 1.13 bits per heavy atom. The van der Waals surface area contributed by atoms with Gasteiger partial charge in [0.1, 0.15) is 11.8 Å². The Balaban J connectivity index is 1.76. The fourth-order valence-corrected chi connectivity index (χ4v) is 4.49. The zero-order chi connectivity index (χ0) is 21.7. The van der Waals surface area contributed by atoms with Gasteiger partial charge in [-0.1, -0.05) is 13.0 Å². The fraction of sp³-hybridized carbons (Fsp3) is 0.381. The van der Waals surface area contributed by atoms with Gasteiger partial charge in [0.15, 0.2) is 11.5 Å². The number of rotatable bonds is 9. The smallest absolute Gasteiger partial charge is 0.244 e. The molecular formula is C21H26N2O6S. The molecule has 1 amide bonds. The topological polar surface area (TPSA) is 94.2 Å². The average Bonchev–Trinajstić information content (AvgIpc) is 3.18. The molecular weight excluding hydrogens is 408 g/mol. The maximum atomic E-state index is 12.9. The molecule has 0 bridgehead atoms. The highest BCUT2D eigenvalue weighted by molar-refractivity contribution is 7.92. The molecule has 2 aromatic rings. The molecule has 0 radical (unpaired) electrons. The summed E-state index contributed by atoms with van der Waals surface area (Å²) in [7, 11) is -3.70. The molecule has 0 saturated heterocycles. The second-order valence-electron chi connectivity index (χ2n) is 6.82. The minimum Gasteiger partial charge on any atom is -0.494 e. The van der Waals surface area contributed by atoms with E-state index < -0.39 is 16.1 Å². The van der Waals surface area contributed by atoms with Crippen molar-refractivity contribution in [2.45, 2.75) is 32.9 Å². The molecule has 0 fully saturated rings. The molecule has 0 aromatic heterocycles. The number of nitrogens with zero attached hydrogens (tertiary/aromatic N) is 1. The molecule has 3 rings (SSSR count). The number of hydrogen-bond donors (Lipinski definition) is 1. The second kappa shape index (κ2) is 9.25. The van der Waals surface area contributed by atoms with Gasteiger partial charge in [0.2, 0.25) is 22.7 Å². The van der Waals surface area contributed by atoms with Crippen LogP contribution < -0.4 is 23.8 Å². The molecule has 1 atom stereocenters. The summed E-state index contributed by atoms with van der Waals surface area (Å²) >= 11 is 0. The summed E-state index contributed by atoms with van der Waals surface area (Å²) in [4.78, 5) is 12.9. The Morgan fingerprint density at radius 3 is 2.47 bits per heavy atom. The minimum atomic E-state index is -3.70. The molecule has 2 aromatic carbocycles. The van der Waals surface area contributed by atoms with E-state index in [1.165, 1.54) is 0 Å². The first-order chi connectivity index (χ1) is 14.3. The van der Waals surface area contributed by atoms with Crippen molar-refractivity contribution in [3.63, 3.8) is 0 Å². The Kier molecular flexibility index (Phi) is 6.71. The molecule has 9 heteroatoms. The van der Waals surface area contributed by atoms with Crippen LogP contribution in [0.4, 0.5) is 5.69 Å². The van der Waals surface area contributed by atoms with Crippen LogP contribution in [0.1, 0.15) is 25.8 Å². The third-order valence-electron chi connectivity index (χ3n) is 4.64. The average molecular weight is 435 g/mol. The van der Waals surface area contributed by atoms with E-state index in [9.17, 15) is 13.2 Å². The lowest BCUT2D eigenvalue weighted by Gasteiger charge is -2.30. The van der Waals surface area contributed by atoms with E-state index in [2.05, 4.69) is 5.32 Å². The van der Waals surface area contributed by atoms with Crippen LogP contribution in [-0.2, 0) is 21.4 Å². The van der Waals surface area contributed by atoms with Crippen LogP contribution in [-0.4, -0.2) is 40.0 Å². The van der Waals surface area contributed by atoms with Gasteiger partial charge in [0.25, 0.3) is 0 Å². The number of carbonyl (C=O) groups is 1. The van der Waals surface area contributed by atoms with Crippen LogP contribution in [0.25, 0.3) is 0 Å². The van der Waals surface area contributed by atoms with Crippen molar-refractivity contribution in [1.29, 1.82) is 0 Å².